The van der Waals surface area contributed by atoms with E-state index < -0.39 is 0 Å². The molecule has 0 unspecified atom stereocenters. The second kappa shape index (κ2) is 10.5. The maximum absolute atomic E-state index is 12.2. The summed E-state index contributed by atoms with van der Waals surface area (Å²) in [5.74, 6) is 0.590. The largest absolute Gasteiger partial charge is 0.378 e. The van der Waals surface area contributed by atoms with Crippen molar-refractivity contribution in [2.24, 2.45) is 0 Å². The predicted molar refractivity (Wildman–Crippen MR) is 114 cm³/mol. The molecule has 0 saturated carbocycles. The van der Waals surface area contributed by atoms with Gasteiger partial charge in [0.2, 0.25) is 11.8 Å². The zero-order valence-electron chi connectivity index (χ0n) is 17.0. The average molecular weight is 417 g/mol. The van der Waals surface area contributed by atoms with E-state index in [2.05, 4.69) is 22.5 Å². The van der Waals surface area contributed by atoms with E-state index >= 15 is 0 Å². The number of carbonyl (C=O) groups is 2. The Morgan fingerprint density at radius 3 is 2.59 bits per heavy atom. The van der Waals surface area contributed by atoms with Crippen LogP contribution in [0.25, 0.3) is 0 Å². The van der Waals surface area contributed by atoms with Crippen molar-refractivity contribution in [1.29, 1.82) is 0 Å². The van der Waals surface area contributed by atoms with Gasteiger partial charge in [-0.1, -0.05) is 30.3 Å². The molecule has 3 rings (SSSR count). The van der Waals surface area contributed by atoms with Gasteiger partial charge >= 0.3 is 0 Å². The quantitative estimate of drug-likeness (QED) is 0.710. The van der Waals surface area contributed by atoms with Crippen molar-refractivity contribution in [1.82, 2.24) is 20.0 Å². The first-order valence-corrected chi connectivity index (χ1v) is 11.0. The second-order valence-corrected chi connectivity index (χ2v) is 8.04. The van der Waals surface area contributed by atoms with Crippen molar-refractivity contribution in [3.8, 4) is 0 Å². The van der Waals surface area contributed by atoms with Crippen LogP contribution in [-0.2, 0) is 27.4 Å². The lowest BCUT2D eigenvalue weighted by atomic mass is 10.2. The number of hydrogen-bond acceptors (Lipinski definition) is 5. The number of benzene rings is 1. The summed E-state index contributed by atoms with van der Waals surface area (Å²) in [5.41, 5.74) is 4.22. The van der Waals surface area contributed by atoms with E-state index in [0.29, 0.717) is 45.1 Å². The topological polar surface area (TPSA) is 76.5 Å². The van der Waals surface area contributed by atoms with Gasteiger partial charge in [0.05, 0.1) is 37.0 Å². The number of thioether (sulfide) groups is 1. The zero-order valence-corrected chi connectivity index (χ0v) is 17.8. The number of ether oxygens (including phenoxy) is 1. The van der Waals surface area contributed by atoms with Gasteiger partial charge in [-0.2, -0.15) is 5.10 Å². The maximum atomic E-state index is 12.2. The molecular formula is C21H28N4O3S. The number of nitrogens with one attached hydrogen (secondary N) is 1. The third kappa shape index (κ3) is 6.08. The summed E-state index contributed by atoms with van der Waals surface area (Å²) in [5, 5.41) is 7.57. The van der Waals surface area contributed by atoms with Crippen molar-refractivity contribution in [3.63, 3.8) is 0 Å². The summed E-state index contributed by atoms with van der Waals surface area (Å²) in [7, 11) is 0. The summed E-state index contributed by atoms with van der Waals surface area (Å²) in [6.45, 7) is 7.60. The normalized spacial score (nSPS) is 14.1. The van der Waals surface area contributed by atoms with Crippen LogP contribution in [0.15, 0.2) is 30.3 Å². The predicted octanol–water partition coefficient (Wildman–Crippen LogP) is 1.76. The molecule has 0 bridgehead atoms. The molecule has 2 amide bonds. The van der Waals surface area contributed by atoms with Gasteiger partial charge in [-0.25, -0.2) is 0 Å². The van der Waals surface area contributed by atoms with Crippen LogP contribution in [0.5, 0.6) is 0 Å². The molecule has 1 aromatic carbocycles. The summed E-state index contributed by atoms with van der Waals surface area (Å²) in [4.78, 5) is 26.1. The Bertz CT molecular complexity index is 832. The average Bonchev–Trinajstić information content (AvgIpc) is 3.00. The molecule has 0 aliphatic carbocycles. The highest BCUT2D eigenvalue weighted by Crippen LogP contribution is 2.15. The number of aryl methyl sites for hydroxylation is 1. The molecule has 156 valence electrons. The number of morpholine rings is 1. The number of hydrogen-bond donors (Lipinski definition) is 1. The third-order valence-electron chi connectivity index (χ3n) is 4.99. The van der Waals surface area contributed by atoms with E-state index in [0.717, 1.165) is 17.0 Å². The molecule has 2 aromatic rings. The molecule has 1 aliphatic rings. The van der Waals surface area contributed by atoms with E-state index in [1.165, 1.54) is 17.3 Å². The summed E-state index contributed by atoms with van der Waals surface area (Å²) in [6.07, 6.45) is 0. The van der Waals surface area contributed by atoms with Gasteiger partial charge in [-0.05, 0) is 19.4 Å². The van der Waals surface area contributed by atoms with Crippen LogP contribution in [0.3, 0.4) is 0 Å². The van der Waals surface area contributed by atoms with Crippen LogP contribution in [0.4, 0.5) is 0 Å². The minimum Gasteiger partial charge on any atom is -0.378 e. The van der Waals surface area contributed by atoms with Gasteiger partial charge in [-0.15, -0.1) is 11.8 Å². The van der Waals surface area contributed by atoms with Crippen LogP contribution in [0.2, 0.25) is 0 Å². The number of carbonyl (C=O) groups excluding carboxylic acids is 2. The molecule has 1 aromatic heterocycles. The van der Waals surface area contributed by atoms with Crippen LogP contribution in [-0.4, -0.2) is 64.3 Å². The number of aromatic nitrogens is 2. The molecule has 7 nitrogen and oxygen atoms in total. The standard InChI is InChI=1S/C21H28N4O3S/c1-16-19(17(2)25(23-16)13-18-6-4-3-5-7-18)12-22-20(26)14-29-15-21(27)24-8-10-28-11-9-24/h3-7H,8-15H2,1-2H3,(H,22,26). The van der Waals surface area contributed by atoms with E-state index in [9.17, 15) is 9.59 Å². The first-order valence-electron chi connectivity index (χ1n) is 9.81. The molecule has 1 fully saturated rings. The summed E-state index contributed by atoms with van der Waals surface area (Å²) < 4.78 is 7.22. The SMILES string of the molecule is Cc1nn(Cc2ccccc2)c(C)c1CNC(=O)CSCC(=O)N1CCOCC1. The van der Waals surface area contributed by atoms with Crippen molar-refractivity contribution < 1.29 is 14.3 Å². The Morgan fingerprint density at radius 2 is 1.86 bits per heavy atom. The summed E-state index contributed by atoms with van der Waals surface area (Å²) in [6, 6.07) is 10.2. The zero-order chi connectivity index (χ0) is 20.6. The van der Waals surface area contributed by atoms with Gasteiger partial charge in [0.25, 0.3) is 0 Å². The van der Waals surface area contributed by atoms with E-state index in [1.807, 2.05) is 36.7 Å². The Labute approximate surface area is 175 Å². The Hall–Kier alpha value is -2.32. The molecule has 8 heteroatoms. The Kier molecular flexibility index (Phi) is 7.71. The summed E-state index contributed by atoms with van der Waals surface area (Å²) >= 11 is 1.35. The fourth-order valence-electron chi connectivity index (χ4n) is 3.27. The fourth-order valence-corrected chi connectivity index (χ4v) is 4.02. The smallest absolute Gasteiger partial charge is 0.232 e. The van der Waals surface area contributed by atoms with Gasteiger partial charge in [0, 0.05) is 30.9 Å². The maximum Gasteiger partial charge on any atom is 0.232 e. The first kappa shape index (κ1) is 21.4. The Morgan fingerprint density at radius 1 is 1.14 bits per heavy atom. The monoisotopic (exact) mass is 416 g/mol. The highest BCUT2D eigenvalue weighted by Gasteiger charge is 2.17. The second-order valence-electron chi connectivity index (χ2n) is 7.06. The van der Waals surface area contributed by atoms with Crippen molar-refractivity contribution >= 4 is 23.6 Å². The fraction of sp³-hybridized carbons (Fsp3) is 0.476. The highest BCUT2D eigenvalue weighted by molar-refractivity contribution is 8.00. The van der Waals surface area contributed by atoms with Crippen molar-refractivity contribution in [3.05, 3.63) is 52.8 Å². The molecular weight excluding hydrogens is 388 g/mol. The molecule has 0 atom stereocenters. The lowest BCUT2D eigenvalue weighted by Gasteiger charge is -2.26. The first-order chi connectivity index (χ1) is 14.0. The van der Waals surface area contributed by atoms with Crippen LogP contribution in [0.1, 0.15) is 22.5 Å². The molecule has 1 saturated heterocycles. The van der Waals surface area contributed by atoms with Gasteiger partial charge in [0.15, 0.2) is 0 Å². The Balaban J connectivity index is 1.44. The molecule has 1 N–H and O–H groups in total. The van der Waals surface area contributed by atoms with Crippen molar-refractivity contribution in [2.75, 3.05) is 37.8 Å². The molecule has 29 heavy (non-hydrogen) atoms. The minimum absolute atomic E-state index is 0.0694. The number of nitrogens with zero attached hydrogens (tertiary/aromatic N) is 3. The van der Waals surface area contributed by atoms with E-state index in [-0.39, 0.29) is 17.6 Å². The van der Waals surface area contributed by atoms with Crippen molar-refractivity contribution in [2.45, 2.75) is 26.9 Å². The number of rotatable bonds is 8. The van der Waals surface area contributed by atoms with Crippen LogP contribution in [0, 0.1) is 13.8 Å². The van der Waals surface area contributed by atoms with Crippen LogP contribution < -0.4 is 5.32 Å². The van der Waals surface area contributed by atoms with Gasteiger partial charge in [0.1, 0.15) is 0 Å². The highest BCUT2D eigenvalue weighted by atomic mass is 32.2. The molecule has 2 heterocycles. The van der Waals surface area contributed by atoms with E-state index in [4.69, 9.17) is 4.74 Å². The molecule has 0 spiro atoms. The third-order valence-corrected chi connectivity index (χ3v) is 5.91. The van der Waals surface area contributed by atoms with Gasteiger partial charge in [-0.3, -0.25) is 14.3 Å². The lowest BCUT2D eigenvalue weighted by molar-refractivity contribution is -0.132. The molecule has 1 aliphatic heterocycles. The molecule has 0 radical (unpaired) electrons. The lowest BCUT2D eigenvalue weighted by Crippen LogP contribution is -2.41. The minimum atomic E-state index is -0.0700. The van der Waals surface area contributed by atoms with E-state index in [1.54, 1.807) is 4.90 Å². The van der Waals surface area contributed by atoms with Gasteiger partial charge < -0.3 is 15.0 Å². The number of amides is 2. The van der Waals surface area contributed by atoms with Crippen LogP contribution >= 0.6 is 11.8 Å².